The highest BCUT2D eigenvalue weighted by atomic mass is 16.2. The van der Waals surface area contributed by atoms with Gasteiger partial charge in [0, 0.05) is 12.2 Å². The van der Waals surface area contributed by atoms with E-state index >= 15 is 0 Å². The highest BCUT2D eigenvalue weighted by Gasteiger charge is 2.10. The quantitative estimate of drug-likeness (QED) is 0.500. The molecule has 3 N–H and O–H groups in total. The smallest absolute Gasteiger partial charge is 0.283 e. The first-order valence-electron chi connectivity index (χ1n) is 6.93. The Morgan fingerprint density at radius 1 is 1.24 bits per heavy atom. The van der Waals surface area contributed by atoms with Gasteiger partial charge in [-0.25, -0.2) is 10.8 Å². The van der Waals surface area contributed by atoms with Crippen molar-refractivity contribution in [2.75, 3.05) is 11.4 Å². The number of aryl methyl sites for hydroxylation is 1. The van der Waals surface area contributed by atoms with Crippen LogP contribution >= 0.6 is 0 Å². The van der Waals surface area contributed by atoms with E-state index in [0.29, 0.717) is 12.2 Å². The Kier molecular flexibility index (Phi) is 4.90. The molecule has 1 aromatic heterocycles. The molecule has 0 aliphatic carbocycles. The minimum atomic E-state index is -0.379. The first kappa shape index (κ1) is 15.0. The molecule has 0 saturated carbocycles. The number of amides is 1. The Balaban J connectivity index is 2.23. The minimum absolute atomic E-state index is 0.329. The summed E-state index contributed by atoms with van der Waals surface area (Å²) >= 11 is 0. The third kappa shape index (κ3) is 3.58. The molecular formula is C16H20N4O. The van der Waals surface area contributed by atoms with Crippen LogP contribution in [0.4, 0.5) is 5.69 Å². The SMILES string of the molecule is CCN(Cc1cccc(C(=O)NN)n1)c1ccccc1C. The summed E-state index contributed by atoms with van der Waals surface area (Å²) in [5.41, 5.74) is 5.66. The van der Waals surface area contributed by atoms with Crippen molar-refractivity contribution < 1.29 is 4.79 Å². The van der Waals surface area contributed by atoms with Gasteiger partial charge in [-0.2, -0.15) is 0 Å². The number of nitrogens with zero attached hydrogens (tertiary/aromatic N) is 2. The van der Waals surface area contributed by atoms with Crippen LogP contribution in [0.15, 0.2) is 42.5 Å². The Morgan fingerprint density at radius 3 is 2.67 bits per heavy atom. The molecule has 0 aliphatic heterocycles. The second kappa shape index (κ2) is 6.85. The summed E-state index contributed by atoms with van der Waals surface area (Å²) < 4.78 is 0. The zero-order valence-electron chi connectivity index (χ0n) is 12.3. The molecule has 0 fully saturated rings. The van der Waals surface area contributed by atoms with E-state index in [1.165, 1.54) is 11.3 Å². The van der Waals surface area contributed by atoms with Gasteiger partial charge in [0.15, 0.2) is 0 Å². The zero-order chi connectivity index (χ0) is 15.2. The summed E-state index contributed by atoms with van der Waals surface area (Å²) in [6.45, 7) is 5.69. The second-order valence-electron chi connectivity index (χ2n) is 4.79. The molecule has 110 valence electrons. The summed E-state index contributed by atoms with van der Waals surface area (Å²) in [6, 6.07) is 13.6. The molecule has 1 aromatic carbocycles. The van der Waals surface area contributed by atoms with Gasteiger partial charge in [0.1, 0.15) is 5.69 Å². The van der Waals surface area contributed by atoms with Crippen molar-refractivity contribution in [3.8, 4) is 0 Å². The fraction of sp³-hybridized carbons (Fsp3) is 0.250. The number of nitrogen functional groups attached to an aromatic ring is 1. The molecule has 0 unspecified atom stereocenters. The Hall–Kier alpha value is -2.40. The van der Waals surface area contributed by atoms with Crippen LogP contribution in [0.5, 0.6) is 0 Å². The molecule has 2 aromatic rings. The van der Waals surface area contributed by atoms with Gasteiger partial charge in [-0.05, 0) is 37.6 Å². The molecule has 0 aliphatic rings. The summed E-state index contributed by atoms with van der Waals surface area (Å²) in [7, 11) is 0. The van der Waals surface area contributed by atoms with Crippen LogP contribution < -0.4 is 16.2 Å². The molecule has 0 radical (unpaired) electrons. The van der Waals surface area contributed by atoms with Crippen molar-refractivity contribution in [3.63, 3.8) is 0 Å². The van der Waals surface area contributed by atoms with Crippen LogP contribution in [0.2, 0.25) is 0 Å². The van der Waals surface area contributed by atoms with E-state index < -0.39 is 0 Å². The normalized spacial score (nSPS) is 10.2. The minimum Gasteiger partial charge on any atom is -0.366 e. The molecule has 0 bridgehead atoms. The predicted molar refractivity (Wildman–Crippen MR) is 83.8 cm³/mol. The molecule has 1 heterocycles. The highest BCUT2D eigenvalue weighted by Crippen LogP contribution is 2.20. The number of rotatable bonds is 5. The maximum atomic E-state index is 11.5. The molecule has 0 spiro atoms. The van der Waals surface area contributed by atoms with Crippen molar-refractivity contribution in [2.45, 2.75) is 20.4 Å². The van der Waals surface area contributed by atoms with Gasteiger partial charge in [-0.3, -0.25) is 10.2 Å². The molecule has 5 nitrogen and oxygen atoms in total. The summed E-state index contributed by atoms with van der Waals surface area (Å²) in [6.07, 6.45) is 0. The monoisotopic (exact) mass is 284 g/mol. The second-order valence-corrected chi connectivity index (χ2v) is 4.79. The van der Waals surface area contributed by atoms with Gasteiger partial charge in [0.25, 0.3) is 5.91 Å². The average molecular weight is 284 g/mol. The van der Waals surface area contributed by atoms with Crippen molar-refractivity contribution in [2.24, 2.45) is 5.84 Å². The number of para-hydroxylation sites is 1. The summed E-state index contributed by atoms with van der Waals surface area (Å²) in [4.78, 5) is 18.1. The lowest BCUT2D eigenvalue weighted by Gasteiger charge is -2.24. The standard InChI is InChI=1S/C16H20N4O/c1-3-20(15-10-5-4-7-12(15)2)11-13-8-6-9-14(18-13)16(21)19-17/h4-10H,3,11,17H2,1-2H3,(H,19,21). The van der Waals surface area contributed by atoms with Crippen molar-refractivity contribution in [1.82, 2.24) is 10.4 Å². The van der Waals surface area contributed by atoms with E-state index in [1.54, 1.807) is 6.07 Å². The highest BCUT2D eigenvalue weighted by molar-refractivity contribution is 5.91. The molecule has 1 amide bonds. The molecule has 2 rings (SSSR count). The average Bonchev–Trinajstić information content (AvgIpc) is 2.53. The van der Waals surface area contributed by atoms with Gasteiger partial charge in [-0.1, -0.05) is 24.3 Å². The van der Waals surface area contributed by atoms with Crippen molar-refractivity contribution >= 4 is 11.6 Å². The number of nitrogens with two attached hydrogens (primary N) is 1. The lowest BCUT2D eigenvalue weighted by molar-refractivity contribution is 0.0948. The number of hydrogen-bond acceptors (Lipinski definition) is 4. The van der Waals surface area contributed by atoms with E-state index in [1.807, 2.05) is 24.3 Å². The third-order valence-electron chi connectivity index (χ3n) is 3.36. The summed E-state index contributed by atoms with van der Waals surface area (Å²) in [5, 5.41) is 0. The topological polar surface area (TPSA) is 71.2 Å². The molecule has 0 atom stereocenters. The first-order valence-corrected chi connectivity index (χ1v) is 6.93. The number of hydrogen-bond donors (Lipinski definition) is 2. The van der Waals surface area contributed by atoms with Crippen LogP contribution in [0.25, 0.3) is 0 Å². The largest absolute Gasteiger partial charge is 0.366 e. The predicted octanol–water partition coefficient (Wildman–Crippen LogP) is 2.02. The van der Waals surface area contributed by atoms with Gasteiger partial charge >= 0.3 is 0 Å². The van der Waals surface area contributed by atoms with Crippen LogP contribution in [0, 0.1) is 6.92 Å². The Bertz CT molecular complexity index is 627. The van der Waals surface area contributed by atoms with Gasteiger partial charge < -0.3 is 4.90 Å². The number of benzene rings is 1. The lowest BCUT2D eigenvalue weighted by Crippen LogP contribution is -2.31. The molecule has 5 heteroatoms. The fourth-order valence-corrected chi connectivity index (χ4v) is 2.25. The number of aromatic nitrogens is 1. The number of pyridine rings is 1. The number of carbonyl (C=O) groups excluding carboxylic acids is 1. The first-order chi connectivity index (χ1) is 10.2. The van der Waals surface area contributed by atoms with Gasteiger partial charge in [-0.15, -0.1) is 0 Å². The van der Waals surface area contributed by atoms with Crippen molar-refractivity contribution in [3.05, 3.63) is 59.4 Å². The van der Waals surface area contributed by atoms with Crippen LogP contribution in [0.1, 0.15) is 28.7 Å². The van der Waals surface area contributed by atoms with Gasteiger partial charge in [0.2, 0.25) is 0 Å². The van der Waals surface area contributed by atoms with E-state index in [0.717, 1.165) is 12.2 Å². The van der Waals surface area contributed by atoms with Crippen LogP contribution in [0.3, 0.4) is 0 Å². The number of carbonyl (C=O) groups is 1. The fourth-order valence-electron chi connectivity index (χ4n) is 2.25. The van der Waals surface area contributed by atoms with E-state index in [9.17, 15) is 4.79 Å². The van der Waals surface area contributed by atoms with E-state index in [-0.39, 0.29) is 5.91 Å². The number of hydrazine groups is 1. The molecule has 21 heavy (non-hydrogen) atoms. The van der Waals surface area contributed by atoms with Crippen molar-refractivity contribution in [1.29, 1.82) is 0 Å². The maximum absolute atomic E-state index is 11.5. The molecule has 0 saturated heterocycles. The zero-order valence-corrected chi connectivity index (χ0v) is 12.3. The Labute approximate surface area is 124 Å². The number of nitrogens with one attached hydrogen (secondary N) is 1. The van der Waals surface area contributed by atoms with Gasteiger partial charge in [0.05, 0.1) is 12.2 Å². The summed E-state index contributed by atoms with van der Waals surface area (Å²) in [5.74, 6) is 4.76. The van der Waals surface area contributed by atoms with E-state index in [4.69, 9.17) is 5.84 Å². The van der Waals surface area contributed by atoms with Crippen LogP contribution in [-0.2, 0) is 6.54 Å². The van der Waals surface area contributed by atoms with Crippen LogP contribution in [-0.4, -0.2) is 17.4 Å². The third-order valence-corrected chi connectivity index (χ3v) is 3.36. The van der Waals surface area contributed by atoms with E-state index in [2.05, 4.69) is 41.3 Å². The molecular weight excluding hydrogens is 264 g/mol. The number of anilines is 1. The maximum Gasteiger partial charge on any atom is 0.283 e. The lowest BCUT2D eigenvalue weighted by atomic mass is 10.1. The Morgan fingerprint density at radius 2 is 2.00 bits per heavy atom.